The van der Waals surface area contributed by atoms with Crippen molar-refractivity contribution in [2.24, 2.45) is 11.7 Å². The Morgan fingerprint density at radius 1 is 1.53 bits per heavy atom. The first kappa shape index (κ1) is 12.8. The molecule has 0 aromatic heterocycles. The Bertz CT molecular complexity index is 238. The molecule has 1 aliphatic heterocycles. The number of carbonyl (C=O) groups is 1. The van der Waals surface area contributed by atoms with Crippen molar-refractivity contribution in [3.63, 3.8) is 0 Å². The summed E-state index contributed by atoms with van der Waals surface area (Å²) in [5.41, 5.74) is 5.59. The Morgan fingerprint density at radius 2 is 2.13 bits per heavy atom. The van der Waals surface area contributed by atoms with Crippen LogP contribution in [0, 0.1) is 5.92 Å². The summed E-state index contributed by atoms with van der Waals surface area (Å²) in [5, 5.41) is 0. The third-order valence-corrected chi connectivity index (χ3v) is 3.72. The first-order chi connectivity index (χ1) is 7.15. The first-order valence-electron chi connectivity index (χ1n) is 5.21. The third kappa shape index (κ3) is 3.99. The van der Waals surface area contributed by atoms with Crippen molar-refractivity contribution in [3.05, 3.63) is 0 Å². The van der Waals surface area contributed by atoms with Crippen LogP contribution in [-0.2, 0) is 4.79 Å². The molecule has 1 rings (SSSR count). The molecule has 0 spiro atoms. The summed E-state index contributed by atoms with van der Waals surface area (Å²) >= 11 is 6.67. The summed E-state index contributed by atoms with van der Waals surface area (Å²) in [7, 11) is 0. The number of nitrogens with zero attached hydrogens (tertiary/aromatic N) is 1. The van der Waals surface area contributed by atoms with E-state index in [9.17, 15) is 4.79 Å². The topological polar surface area (TPSA) is 46.3 Å². The van der Waals surface area contributed by atoms with Gasteiger partial charge in [0.1, 0.15) is 0 Å². The van der Waals surface area contributed by atoms with Crippen LogP contribution in [0.1, 0.15) is 19.3 Å². The molecule has 5 heteroatoms. The Hall–Kier alpha value is -0.290. The molecular weight excluding hydrogens is 228 g/mol. The second-order valence-electron chi connectivity index (χ2n) is 3.80. The summed E-state index contributed by atoms with van der Waals surface area (Å²) in [6, 6.07) is 0. The normalized spacial score (nSPS) is 17.8. The number of amides is 1. The molecule has 1 aliphatic rings. The zero-order valence-corrected chi connectivity index (χ0v) is 10.7. The van der Waals surface area contributed by atoms with Crippen molar-refractivity contribution in [2.45, 2.75) is 19.3 Å². The van der Waals surface area contributed by atoms with Crippen molar-refractivity contribution in [1.29, 1.82) is 0 Å². The van der Waals surface area contributed by atoms with E-state index in [0.717, 1.165) is 31.7 Å². The minimum Gasteiger partial charge on any atom is -0.393 e. The lowest BCUT2D eigenvalue weighted by atomic mass is 9.97. The van der Waals surface area contributed by atoms with Gasteiger partial charge < -0.3 is 10.6 Å². The van der Waals surface area contributed by atoms with Gasteiger partial charge in [0, 0.05) is 31.2 Å². The van der Waals surface area contributed by atoms with E-state index in [1.165, 1.54) is 0 Å². The average Bonchev–Trinajstić information content (AvgIpc) is 2.26. The standard InChI is InChI=1S/C10H18N2OS2/c1-15-7-4-9(13)12-5-2-8(3-6-12)10(11)14/h8H,2-7H2,1H3,(H2,11,14). The zero-order valence-electron chi connectivity index (χ0n) is 9.07. The van der Waals surface area contributed by atoms with Crippen molar-refractivity contribution in [2.75, 3.05) is 25.1 Å². The second kappa shape index (κ2) is 6.33. The van der Waals surface area contributed by atoms with Crippen molar-refractivity contribution in [1.82, 2.24) is 4.90 Å². The van der Waals surface area contributed by atoms with Gasteiger partial charge in [-0.05, 0) is 19.1 Å². The molecule has 0 aliphatic carbocycles. The first-order valence-corrected chi connectivity index (χ1v) is 7.01. The molecule has 0 aromatic carbocycles. The molecule has 15 heavy (non-hydrogen) atoms. The van der Waals surface area contributed by atoms with Crippen LogP contribution in [-0.4, -0.2) is 40.9 Å². The molecule has 0 aromatic rings. The van der Waals surface area contributed by atoms with Gasteiger partial charge >= 0.3 is 0 Å². The number of carbonyl (C=O) groups excluding carboxylic acids is 1. The number of thiocarbonyl (C=S) groups is 1. The number of thioether (sulfide) groups is 1. The molecule has 0 saturated carbocycles. The summed E-state index contributed by atoms with van der Waals surface area (Å²) in [5.74, 6) is 1.52. The van der Waals surface area contributed by atoms with E-state index in [1.54, 1.807) is 11.8 Å². The van der Waals surface area contributed by atoms with E-state index >= 15 is 0 Å². The Kier molecular flexibility index (Phi) is 5.39. The van der Waals surface area contributed by atoms with Gasteiger partial charge in [-0.25, -0.2) is 0 Å². The number of rotatable bonds is 4. The van der Waals surface area contributed by atoms with Gasteiger partial charge in [0.2, 0.25) is 5.91 Å². The smallest absolute Gasteiger partial charge is 0.223 e. The van der Waals surface area contributed by atoms with Gasteiger partial charge in [0.05, 0.1) is 4.99 Å². The Morgan fingerprint density at radius 3 is 2.60 bits per heavy atom. The lowest BCUT2D eigenvalue weighted by molar-refractivity contribution is -0.131. The summed E-state index contributed by atoms with van der Waals surface area (Å²) in [4.78, 5) is 14.2. The number of nitrogens with two attached hydrogens (primary N) is 1. The number of piperidine rings is 1. The molecule has 0 radical (unpaired) electrons. The van der Waals surface area contributed by atoms with E-state index in [4.69, 9.17) is 18.0 Å². The predicted molar refractivity (Wildman–Crippen MR) is 69.1 cm³/mol. The van der Waals surface area contributed by atoms with E-state index in [2.05, 4.69) is 0 Å². The molecule has 0 bridgehead atoms. The maximum absolute atomic E-state index is 11.7. The number of hydrogen-bond donors (Lipinski definition) is 1. The van der Waals surface area contributed by atoms with Gasteiger partial charge in [-0.1, -0.05) is 12.2 Å². The van der Waals surface area contributed by atoms with Crippen LogP contribution in [0.3, 0.4) is 0 Å². The van der Waals surface area contributed by atoms with Crippen LogP contribution in [0.25, 0.3) is 0 Å². The molecule has 1 heterocycles. The molecule has 1 saturated heterocycles. The fourth-order valence-corrected chi connectivity index (χ4v) is 2.38. The molecule has 86 valence electrons. The maximum Gasteiger partial charge on any atom is 0.223 e. The van der Waals surface area contributed by atoms with Gasteiger partial charge in [-0.3, -0.25) is 4.79 Å². The quantitative estimate of drug-likeness (QED) is 0.759. The summed E-state index contributed by atoms with van der Waals surface area (Å²) in [6.07, 6.45) is 4.53. The molecule has 2 N–H and O–H groups in total. The monoisotopic (exact) mass is 246 g/mol. The molecule has 1 fully saturated rings. The van der Waals surface area contributed by atoms with Crippen LogP contribution in [0.15, 0.2) is 0 Å². The van der Waals surface area contributed by atoms with Gasteiger partial charge in [0.15, 0.2) is 0 Å². The molecule has 3 nitrogen and oxygen atoms in total. The van der Waals surface area contributed by atoms with Crippen LogP contribution < -0.4 is 5.73 Å². The van der Waals surface area contributed by atoms with E-state index in [-0.39, 0.29) is 5.91 Å². The third-order valence-electron chi connectivity index (χ3n) is 2.77. The van der Waals surface area contributed by atoms with Gasteiger partial charge in [-0.2, -0.15) is 11.8 Å². The van der Waals surface area contributed by atoms with Crippen LogP contribution in [0.2, 0.25) is 0 Å². The lowest BCUT2D eigenvalue weighted by Gasteiger charge is -2.31. The molecule has 0 unspecified atom stereocenters. The minimum absolute atomic E-state index is 0.269. The number of likely N-dealkylation sites (tertiary alicyclic amines) is 1. The Balaban J connectivity index is 2.30. The van der Waals surface area contributed by atoms with E-state index in [0.29, 0.717) is 17.3 Å². The fraction of sp³-hybridized carbons (Fsp3) is 0.800. The average molecular weight is 246 g/mol. The van der Waals surface area contributed by atoms with Crippen molar-refractivity contribution >= 4 is 34.9 Å². The minimum atomic E-state index is 0.269. The highest BCUT2D eigenvalue weighted by Crippen LogP contribution is 2.18. The predicted octanol–water partition coefficient (Wildman–Crippen LogP) is 1.26. The van der Waals surface area contributed by atoms with Gasteiger partial charge in [0.25, 0.3) is 0 Å². The zero-order chi connectivity index (χ0) is 11.3. The van der Waals surface area contributed by atoms with Crippen molar-refractivity contribution in [3.8, 4) is 0 Å². The van der Waals surface area contributed by atoms with Crippen LogP contribution in [0.5, 0.6) is 0 Å². The number of hydrogen-bond acceptors (Lipinski definition) is 3. The highest BCUT2D eigenvalue weighted by atomic mass is 32.2. The fourth-order valence-electron chi connectivity index (χ4n) is 1.76. The molecular formula is C10H18N2OS2. The SMILES string of the molecule is CSCCC(=O)N1CCC(C(N)=S)CC1. The summed E-state index contributed by atoms with van der Waals surface area (Å²) < 4.78 is 0. The van der Waals surface area contributed by atoms with E-state index < -0.39 is 0 Å². The van der Waals surface area contributed by atoms with Crippen LogP contribution in [0.4, 0.5) is 0 Å². The second-order valence-corrected chi connectivity index (χ2v) is 5.26. The Labute approximate surface area is 101 Å². The highest BCUT2D eigenvalue weighted by Gasteiger charge is 2.23. The summed E-state index contributed by atoms with van der Waals surface area (Å²) in [6.45, 7) is 1.63. The molecule has 1 amide bonds. The molecule has 0 atom stereocenters. The van der Waals surface area contributed by atoms with Gasteiger partial charge in [-0.15, -0.1) is 0 Å². The van der Waals surface area contributed by atoms with E-state index in [1.807, 2.05) is 11.2 Å². The van der Waals surface area contributed by atoms with Crippen LogP contribution >= 0.6 is 24.0 Å². The lowest BCUT2D eigenvalue weighted by Crippen LogP contribution is -2.41. The maximum atomic E-state index is 11.7. The highest BCUT2D eigenvalue weighted by molar-refractivity contribution is 7.98. The largest absolute Gasteiger partial charge is 0.393 e. The van der Waals surface area contributed by atoms with Crippen molar-refractivity contribution < 1.29 is 4.79 Å².